The molecule has 3 aromatic rings. The molecule has 0 aliphatic rings. The molecule has 2 aromatic carbocycles. The third kappa shape index (κ3) is 7.01. The van der Waals surface area contributed by atoms with Crippen LogP contribution in [0.15, 0.2) is 47.8 Å². The Bertz CT molecular complexity index is 1080. The van der Waals surface area contributed by atoms with Crippen molar-refractivity contribution >= 4 is 28.6 Å². The number of carbonyl (C=O) groups is 1. The first-order valence-electron chi connectivity index (χ1n) is 10.8. The minimum atomic E-state index is -0.543. The number of amides is 1. The van der Waals surface area contributed by atoms with E-state index in [2.05, 4.69) is 10.3 Å². The lowest BCUT2D eigenvalue weighted by Gasteiger charge is -2.14. The van der Waals surface area contributed by atoms with Crippen LogP contribution in [-0.4, -0.2) is 29.0 Å². The van der Waals surface area contributed by atoms with Crippen molar-refractivity contribution in [2.45, 2.75) is 39.5 Å². The Morgan fingerprint density at radius 2 is 1.76 bits per heavy atom. The minimum absolute atomic E-state index is 0.0156. The Morgan fingerprint density at radius 3 is 2.39 bits per heavy atom. The zero-order chi connectivity index (χ0) is 23.6. The third-order valence-corrected chi connectivity index (χ3v) is 5.49. The van der Waals surface area contributed by atoms with Crippen molar-refractivity contribution in [3.63, 3.8) is 0 Å². The second kappa shape index (κ2) is 12.0. The highest BCUT2D eigenvalue weighted by molar-refractivity contribution is 7.09. The summed E-state index contributed by atoms with van der Waals surface area (Å²) in [6, 6.07) is 12.7. The molecule has 3 rings (SSSR count). The van der Waals surface area contributed by atoms with Gasteiger partial charge in [0.05, 0.1) is 41.3 Å². The number of thiazole rings is 1. The predicted molar refractivity (Wildman–Crippen MR) is 128 cm³/mol. The molecule has 0 spiro atoms. The fraction of sp³-hybridized carbons (Fsp3) is 0.333. The molecule has 0 atom stereocenters. The summed E-state index contributed by atoms with van der Waals surface area (Å²) in [5, 5.41) is 17.0. The van der Waals surface area contributed by atoms with Crippen molar-refractivity contribution in [3.8, 4) is 11.5 Å². The van der Waals surface area contributed by atoms with Crippen LogP contribution < -0.4 is 14.8 Å². The Morgan fingerprint density at radius 1 is 1.09 bits per heavy atom. The van der Waals surface area contributed by atoms with Crippen molar-refractivity contribution in [2.24, 2.45) is 0 Å². The zero-order valence-electron chi connectivity index (χ0n) is 18.7. The third-order valence-electron chi connectivity index (χ3n) is 4.60. The molecule has 1 amide bonds. The normalized spacial score (nSPS) is 10.6. The average Bonchev–Trinajstić information content (AvgIpc) is 3.23. The van der Waals surface area contributed by atoms with Crippen LogP contribution in [0.5, 0.6) is 11.5 Å². The quantitative estimate of drug-likeness (QED) is 0.281. The second-order valence-corrected chi connectivity index (χ2v) is 8.33. The SMILES string of the molecule is CCCOc1cc(NC(=O)Cc2csc(Cc3ccccc3)n2)c([N+](=O)[O-])cc1OCCC. The van der Waals surface area contributed by atoms with E-state index in [-0.39, 0.29) is 17.8 Å². The van der Waals surface area contributed by atoms with Gasteiger partial charge in [0.2, 0.25) is 5.91 Å². The topological polar surface area (TPSA) is 104 Å². The van der Waals surface area contributed by atoms with E-state index in [1.807, 2.05) is 49.6 Å². The molecule has 0 bridgehead atoms. The second-order valence-electron chi connectivity index (χ2n) is 7.39. The molecule has 0 saturated heterocycles. The Labute approximate surface area is 196 Å². The van der Waals surface area contributed by atoms with Crippen molar-refractivity contribution in [1.29, 1.82) is 0 Å². The van der Waals surface area contributed by atoms with E-state index in [1.54, 1.807) is 0 Å². The van der Waals surface area contributed by atoms with Gasteiger partial charge in [0.15, 0.2) is 11.5 Å². The van der Waals surface area contributed by atoms with E-state index < -0.39 is 10.8 Å². The summed E-state index contributed by atoms with van der Waals surface area (Å²) in [4.78, 5) is 28.3. The first-order valence-corrected chi connectivity index (χ1v) is 11.7. The molecular formula is C24H27N3O5S. The van der Waals surface area contributed by atoms with Gasteiger partial charge >= 0.3 is 0 Å². The molecule has 0 radical (unpaired) electrons. The number of nitrogens with zero attached hydrogens (tertiary/aromatic N) is 2. The van der Waals surface area contributed by atoms with E-state index in [0.29, 0.717) is 36.8 Å². The first kappa shape index (κ1) is 24.2. The Kier molecular flexibility index (Phi) is 8.77. The van der Waals surface area contributed by atoms with E-state index in [9.17, 15) is 14.9 Å². The van der Waals surface area contributed by atoms with Gasteiger partial charge in [-0.2, -0.15) is 0 Å². The summed E-state index contributed by atoms with van der Waals surface area (Å²) in [7, 11) is 0. The molecule has 0 unspecified atom stereocenters. The number of ether oxygens (including phenoxy) is 2. The average molecular weight is 470 g/mol. The molecule has 0 saturated carbocycles. The lowest BCUT2D eigenvalue weighted by atomic mass is 10.2. The van der Waals surface area contributed by atoms with Crippen molar-refractivity contribution in [3.05, 3.63) is 74.2 Å². The molecular weight excluding hydrogens is 442 g/mol. The summed E-state index contributed by atoms with van der Waals surface area (Å²) in [5.41, 5.74) is 1.58. The van der Waals surface area contributed by atoms with Crippen LogP contribution in [0.3, 0.4) is 0 Å². The summed E-state index contributed by atoms with van der Waals surface area (Å²) < 4.78 is 11.3. The van der Waals surface area contributed by atoms with Crippen LogP contribution in [-0.2, 0) is 17.6 Å². The lowest BCUT2D eigenvalue weighted by Crippen LogP contribution is -2.16. The standard InChI is InChI=1S/C24H27N3O5S/c1-3-10-31-21-14-19(20(27(29)30)15-22(21)32-11-4-2)26-23(28)13-18-16-33-24(25-18)12-17-8-6-5-7-9-17/h5-9,14-16H,3-4,10-13H2,1-2H3,(H,26,28). The number of hydrogen-bond acceptors (Lipinski definition) is 7. The number of aromatic nitrogens is 1. The molecule has 33 heavy (non-hydrogen) atoms. The van der Waals surface area contributed by atoms with Gasteiger partial charge in [0.1, 0.15) is 5.69 Å². The van der Waals surface area contributed by atoms with Gasteiger partial charge in [-0.25, -0.2) is 4.98 Å². The van der Waals surface area contributed by atoms with Crippen LogP contribution in [0.2, 0.25) is 0 Å². The van der Waals surface area contributed by atoms with Gasteiger partial charge in [0.25, 0.3) is 5.69 Å². The first-order chi connectivity index (χ1) is 16.0. The molecule has 9 heteroatoms. The van der Waals surface area contributed by atoms with Crippen LogP contribution in [0.1, 0.15) is 43.0 Å². The van der Waals surface area contributed by atoms with Crippen molar-refractivity contribution < 1.29 is 19.2 Å². The highest BCUT2D eigenvalue weighted by Crippen LogP contribution is 2.38. The molecule has 174 valence electrons. The van der Waals surface area contributed by atoms with Crippen LogP contribution >= 0.6 is 11.3 Å². The summed E-state index contributed by atoms with van der Waals surface area (Å²) in [5.74, 6) is 0.267. The molecule has 0 aliphatic heterocycles. The van der Waals surface area contributed by atoms with E-state index in [4.69, 9.17) is 9.47 Å². The smallest absolute Gasteiger partial charge is 0.296 e. The van der Waals surface area contributed by atoms with Crippen molar-refractivity contribution in [2.75, 3.05) is 18.5 Å². The van der Waals surface area contributed by atoms with Crippen LogP contribution in [0.25, 0.3) is 0 Å². The van der Waals surface area contributed by atoms with E-state index in [1.165, 1.54) is 23.5 Å². The fourth-order valence-corrected chi connectivity index (χ4v) is 3.92. The summed E-state index contributed by atoms with van der Waals surface area (Å²) in [6.07, 6.45) is 2.22. The van der Waals surface area contributed by atoms with E-state index >= 15 is 0 Å². The number of benzene rings is 2. The van der Waals surface area contributed by atoms with Crippen LogP contribution in [0, 0.1) is 10.1 Å². The monoisotopic (exact) mass is 469 g/mol. The fourth-order valence-electron chi connectivity index (χ4n) is 3.09. The van der Waals surface area contributed by atoms with Gasteiger partial charge in [-0.15, -0.1) is 11.3 Å². The number of nitrogens with one attached hydrogen (secondary N) is 1. The highest BCUT2D eigenvalue weighted by Gasteiger charge is 2.22. The highest BCUT2D eigenvalue weighted by atomic mass is 32.1. The summed E-state index contributed by atoms with van der Waals surface area (Å²) >= 11 is 1.49. The van der Waals surface area contributed by atoms with Crippen molar-refractivity contribution in [1.82, 2.24) is 4.98 Å². The molecule has 1 heterocycles. The summed E-state index contributed by atoms with van der Waals surface area (Å²) in [6.45, 7) is 4.73. The van der Waals surface area contributed by atoms with Gasteiger partial charge in [-0.05, 0) is 18.4 Å². The van der Waals surface area contributed by atoms with Crippen LogP contribution in [0.4, 0.5) is 11.4 Å². The molecule has 0 aliphatic carbocycles. The maximum absolute atomic E-state index is 12.7. The Balaban J connectivity index is 1.74. The maximum atomic E-state index is 12.7. The number of carbonyl (C=O) groups excluding carboxylic acids is 1. The van der Waals surface area contributed by atoms with Gasteiger partial charge in [-0.1, -0.05) is 44.2 Å². The number of anilines is 1. The lowest BCUT2D eigenvalue weighted by molar-refractivity contribution is -0.384. The molecule has 1 N–H and O–H groups in total. The zero-order valence-corrected chi connectivity index (χ0v) is 19.5. The van der Waals surface area contributed by atoms with Gasteiger partial charge < -0.3 is 14.8 Å². The maximum Gasteiger partial charge on any atom is 0.296 e. The number of hydrogen-bond donors (Lipinski definition) is 1. The molecule has 0 fully saturated rings. The number of nitro groups is 1. The molecule has 1 aromatic heterocycles. The van der Waals surface area contributed by atoms with E-state index in [0.717, 1.165) is 23.4 Å². The van der Waals surface area contributed by atoms with Gasteiger partial charge in [-0.3, -0.25) is 14.9 Å². The Hall–Kier alpha value is -3.46. The molecule has 8 nitrogen and oxygen atoms in total. The number of nitro benzene ring substituents is 1. The predicted octanol–water partition coefficient (Wildman–Crippen LogP) is 5.40. The minimum Gasteiger partial charge on any atom is -0.490 e. The van der Waals surface area contributed by atoms with Gasteiger partial charge in [0, 0.05) is 17.9 Å². The number of rotatable bonds is 12. The largest absolute Gasteiger partial charge is 0.490 e.